The lowest BCUT2D eigenvalue weighted by atomic mass is 10.1. The maximum absolute atomic E-state index is 13.9. The summed E-state index contributed by atoms with van der Waals surface area (Å²) in [6, 6.07) is 10.3. The molecule has 2 aromatic carbocycles. The second-order valence-corrected chi connectivity index (χ2v) is 10.2. The van der Waals surface area contributed by atoms with Crippen LogP contribution in [0.4, 0.5) is 0 Å². The smallest absolute Gasteiger partial charge is 0.199 e. The van der Waals surface area contributed by atoms with Crippen molar-refractivity contribution in [2.24, 2.45) is 5.92 Å². The fourth-order valence-electron chi connectivity index (χ4n) is 3.69. The average molecular weight is 475 g/mol. The molecule has 0 saturated heterocycles. The molecule has 0 radical (unpaired) electrons. The predicted molar refractivity (Wildman–Crippen MR) is 133 cm³/mol. The van der Waals surface area contributed by atoms with E-state index in [1.165, 1.54) is 28.4 Å². The number of methoxy groups -OCH3 is 4. The van der Waals surface area contributed by atoms with Gasteiger partial charge in [-0.3, -0.25) is 9.59 Å². The summed E-state index contributed by atoms with van der Waals surface area (Å²) in [5, 5.41) is 0. The van der Waals surface area contributed by atoms with Crippen LogP contribution in [0.5, 0.6) is 23.0 Å². The van der Waals surface area contributed by atoms with Crippen molar-refractivity contribution >= 4 is 19.0 Å². The Morgan fingerprint density at radius 3 is 1.42 bits per heavy atom. The van der Waals surface area contributed by atoms with E-state index in [0.717, 1.165) is 25.7 Å². The Bertz CT molecular complexity index is 828. The van der Waals surface area contributed by atoms with Gasteiger partial charge in [0.2, 0.25) is 0 Å². The van der Waals surface area contributed by atoms with E-state index in [2.05, 4.69) is 13.8 Å². The molecule has 0 fully saturated rings. The zero-order valence-corrected chi connectivity index (χ0v) is 21.4. The summed E-state index contributed by atoms with van der Waals surface area (Å²) >= 11 is 0. The Kier molecular flexibility index (Phi) is 10.7. The molecule has 0 amide bonds. The standard InChI is InChI=1S/C26H35O6P/c1-18(2)12-8-7-9-17-33(25(27)23-19(29-3)13-10-14-20(23)30-4)26(28)24-21(31-5)15-11-16-22(24)32-6/h10-11,13-16,18H,7-9,12,17H2,1-6H3. The third kappa shape index (κ3) is 6.70. The third-order valence-corrected chi connectivity index (χ3v) is 7.63. The SMILES string of the molecule is COc1cccc(OC)c1C(=O)P(CCCCCC(C)C)C(=O)c1c(OC)cccc1OC. The molecule has 0 aliphatic heterocycles. The monoisotopic (exact) mass is 474 g/mol. The van der Waals surface area contributed by atoms with Crippen LogP contribution in [0, 0.1) is 5.92 Å². The molecular formula is C26H35O6P. The number of carbonyl (C=O) groups is 2. The van der Waals surface area contributed by atoms with Crippen LogP contribution in [0.25, 0.3) is 0 Å². The quantitative estimate of drug-likeness (QED) is 0.233. The van der Waals surface area contributed by atoms with Crippen molar-refractivity contribution in [3.63, 3.8) is 0 Å². The minimum Gasteiger partial charge on any atom is -0.496 e. The fraction of sp³-hybridized carbons (Fsp3) is 0.462. The molecule has 180 valence electrons. The van der Waals surface area contributed by atoms with Crippen LogP contribution in [0.3, 0.4) is 0 Å². The minimum atomic E-state index is -1.75. The topological polar surface area (TPSA) is 71.1 Å². The molecule has 0 heterocycles. The van der Waals surface area contributed by atoms with Gasteiger partial charge in [-0.15, -0.1) is 0 Å². The first kappa shape index (κ1) is 26.7. The molecule has 0 aliphatic carbocycles. The van der Waals surface area contributed by atoms with Crippen LogP contribution >= 0.6 is 7.92 Å². The van der Waals surface area contributed by atoms with Gasteiger partial charge in [0.1, 0.15) is 34.1 Å². The number of ether oxygens (including phenoxy) is 4. The maximum atomic E-state index is 13.9. The number of hydrogen-bond acceptors (Lipinski definition) is 6. The molecular weight excluding hydrogens is 439 g/mol. The molecule has 0 unspecified atom stereocenters. The Morgan fingerprint density at radius 1 is 0.697 bits per heavy atom. The highest BCUT2D eigenvalue weighted by Crippen LogP contribution is 2.50. The van der Waals surface area contributed by atoms with Gasteiger partial charge < -0.3 is 18.9 Å². The van der Waals surface area contributed by atoms with Crippen LogP contribution in [0.15, 0.2) is 36.4 Å². The summed E-state index contributed by atoms with van der Waals surface area (Å²) in [6.45, 7) is 4.39. The first-order valence-corrected chi connectivity index (χ1v) is 12.7. The molecule has 0 aliphatic rings. The maximum Gasteiger partial charge on any atom is 0.199 e. The largest absolute Gasteiger partial charge is 0.496 e. The summed E-state index contributed by atoms with van der Waals surface area (Å²) in [6.07, 6.45) is 4.42. The first-order valence-electron chi connectivity index (χ1n) is 11.2. The number of benzene rings is 2. The minimum absolute atomic E-state index is 0.263. The molecule has 0 aromatic heterocycles. The van der Waals surface area contributed by atoms with E-state index in [9.17, 15) is 9.59 Å². The summed E-state index contributed by atoms with van der Waals surface area (Å²) in [4.78, 5) is 27.7. The lowest BCUT2D eigenvalue weighted by Gasteiger charge is -2.20. The van der Waals surface area contributed by atoms with Crippen molar-refractivity contribution < 1.29 is 28.5 Å². The predicted octanol–water partition coefficient (Wildman–Crippen LogP) is 6.40. The Hall–Kier alpha value is -2.59. The van der Waals surface area contributed by atoms with E-state index in [-0.39, 0.29) is 11.0 Å². The molecule has 0 bridgehead atoms. The summed E-state index contributed by atoms with van der Waals surface area (Å²) in [5.41, 5.74) is 0.0817. The van der Waals surface area contributed by atoms with E-state index in [0.29, 0.717) is 46.2 Å². The van der Waals surface area contributed by atoms with Crippen molar-refractivity contribution in [1.29, 1.82) is 0 Å². The highest BCUT2D eigenvalue weighted by molar-refractivity contribution is 7.90. The van der Waals surface area contributed by atoms with Crippen molar-refractivity contribution in [2.45, 2.75) is 39.5 Å². The average Bonchev–Trinajstić information content (AvgIpc) is 2.83. The van der Waals surface area contributed by atoms with Crippen LogP contribution in [-0.4, -0.2) is 45.6 Å². The second-order valence-electron chi connectivity index (χ2n) is 8.08. The van der Waals surface area contributed by atoms with E-state index in [1.54, 1.807) is 36.4 Å². The van der Waals surface area contributed by atoms with Gasteiger partial charge in [0.25, 0.3) is 0 Å². The van der Waals surface area contributed by atoms with Gasteiger partial charge >= 0.3 is 0 Å². The van der Waals surface area contributed by atoms with Gasteiger partial charge in [-0.05, 0) is 42.8 Å². The number of carbonyl (C=O) groups excluding carboxylic acids is 2. The molecule has 6 nitrogen and oxygen atoms in total. The van der Waals surface area contributed by atoms with Gasteiger partial charge in [0.15, 0.2) is 11.0 Å². The zero-order chi connectivity index (χ0) is 24.4. The van der Waals surface area contributed by atoms with Gasteiger partial charge in [0.05, 0.1) is 28.4 Å². The van der Waals surface area contributed by atoms with Crippen LogP contribution < -0.4 is 18.9 Å². The molecule has 33 heavy (non-hydrogen) atoms. The molecule has 2 rings (SSSR count). The summed E-state index contributed by atoms with van der Waals surface area (Å²) in [7, 11) is 4.27. The van der Waals surface area contributed by atoms with E-state index >= 15 is 0 Å². The fourth-order valence-corrected chi connectivity index (χ4v) is 5.80. The van der Waals surface area contributed by atoms with E-state index in [1.807, 2.05) is 0 Å². The highest BCUT2D eigenvalue weighted by Gasteiger charge is 2.35. The van der Waals surface area contributed by atoms with Crippen molar-refractivity contribution in [2.75, 3.05) is 34.6 Å². The lowest BCUT2D eigenvalue weighted by Crippen LogP contribution is -2.13. The molecule has 0 N–H and O–H groups in total. The Morgan fingerprint density at radius 2 is 1.09 bits per heavy atom. The van der Waals surface area contributed by atoms with Crippen molar-refractivity contribution in [3.05, 3.63) is 47.5 Å². The van der Waals surface area contributed by atoms with Gasteiger partial charge in [0, 0.05) is 7.92 Å². The number of hydrogen-bond donors (Lipinski definition) is 0. The first-order chi connectivity index (χ1) is 15.9. The summed E-state index contributed by atoms with van der Waals surface area (Å²) in [5.74, 6) is 2.21. The summed E-state index contributed by atoms with van der Waals surface area (Å²) < 4.78 is 21.8. The van der Waals surface area contributed by atoms with Crippen molar-refractivity contribution in [3.8, 4) is 23.0 Å². The van der Waals surface area contributed by atoms with Gasteiger partial charge in [-0.1, -0.05) is 45.2 Å². The van der Waals surface area contributed by atoms with E-state index in [4.69, 9.17) is 18.9 Å². The normalized spacial score (nSPS) is 10.9. The third-order valence-electron chi connectivity index (χ3n) is 5.44. The molecule has 0 atom stereocenters. The Balaban J connectivity index is 2.47. The van der Waals surface area contributed by atoms with E-state index < -0.39 is 7.92 Å². The number of rotatable bonds is 14. The number of unbranched alkanes of at least 4 members (excludes halogenated alkanes) is 2. The van der Waals surface area contributed by atoms with Crippen LogP contribution in [0.1, 0.15) is 60.2 Å². The van der Waals surface area contributed by atoms with Gasteiger partial charge in [-0.25, -0.2) is 0 Å². The molecule has 2 aromatic rings. The van der Waals surface area contributed by atoms with Gasteiger partial charge in [-0.2, -0.15) is 0 Å². The Labute approximate surface area is 198 Å². The lowest BCUT2D eigenvalue weighted by molar-refractivity contribution is 0.104. The second kappa shape index (κ2) is 13.2. The van der Waals surface area contributed by atoms with Crippen LogP contribution in [0.2, 0.25) is 0 Å². The molecule has 0 spiro atoms. The van der Waals surface area contributed by atoms with Crippen LogP contribution in [-0.2, 0) is 0 Å². The molecule has 0 saturated carbocycles. The highest BCUT2D eigenvalue weighted by atomic mass is 31.1. The zero-order valence-electron chi connectivity index (χ0n) is 20.5. The van der Waals surface area contributed by atoms with Crippen molar-refractivity contribution in [1.82, 2.24) is 0 Å². The molecule has 7 heteroatoms.